The van der Waals surface area contributed by atoms with Crippen LogP contribution >= 0.6 is 0 Å². The minimum absolute atomic E-state index is 0.0620. The minimum atomic E-state index is -0.943. The molecule has 1 N–H and O–H groups in total. The van der Waals surface area contributed by atoms with Crippen molar-refractivity contribution in [3.05, 3.63) is 0 Å². The van der Waals surface area contributed by atoms with Gasteiger partial charge in [0, 0.05) is 26.3 Å². The van der Waals surface area contributed by atoms with Gasteiger partial charge in [0.2, 0.25) is 5.91 Å². The quantitative estimate of drug-likeness (QED) is 0.765. The lowest BCUT2D eigenvalue weighted by Gasteiger charge is -2.34. The Hall–Kier alpha value is -1.12. The molecule has 1 amide bonds. The Kier molecular flexibility index (Phi) is 6.10. The molecule has 0 bridgehead atoms. The molecule has 0 atom stereocenters. The molecule has 1 rings (SSSR count). The van der Waals surface area contributed by atoms with Crippen molar-refractivity contribution in [2.75, 3.05) is 32.9 Å². The molecule has 0 radical (unpaired) electrons. The standard InChI is InChI=1S/C13H22N2O3/c1-2-3-6-15(7-8-16)12(17)13(11-14)4-9-18-10-5-13/h16H,2-10H2,1H3. The van der Waals surface area contributed by atoms with Crippen molar-refractivity contribution in [1.29, 1.82) is 5.26 Å². The fourth-order valence-electron chi connectivity index (χ4n) is 2.18. The van der Waals surface area contributed by atoms with Gasteiger partial charge in [-0.25, -0.2) is 0 Å². The zero-order chi connectivity index (χ0) is 13.4. The van der Waals surface area contributed by atoms with Gasteiger partial charge in [0.25, 0.3) is 0 Å². The van der Waals surface area contributed by atoms with Crippen molar-refractivity contribution in [2.45, 2.75) is 32.6 Å². The predicted octanol–water partition coefficient (Wildman–Crippen LogP) is 0.928. The van der Waals surface area contributed by atoms with Crippen LogP contribution in [0.5, 0.6) is 0 Å². The summed E-state index contributed by atoms with van der Waals surface area (Å²) in [5, 5.41) is 18.4. The monoisotopic (exact) mass is 254 g/mol. The van der Waals surface area contributed by atoms with E-state index >= 15 is 0 Å². The van der Waals surface area contributed by atoms with Crippen LogP contribution in [0.3, 0.4) is 0 Å². The van der Waals surface area contributed by atoms with Crippen LogP contribution in [0.2, 0.25) is 0 Å². The molecule has 102 valence electrons. The summed E-state index contributed by atoms with van der Waals surface area (Å²) >= 11 is 0. The Labute approximate surface area is 108 Å². The molecule has 1 aliphatic heterocycles. The summed E-state index contributed by atoms with van der Waals surface area (Å²) in [6.07, 6.45) is 2.79. The number of rotatable bonds is 6. The molecule has 1 heterocycles. The van der Waals surface area contributed by atoms with Gasteiger partial charge in [-0.3, -0.25) is 4.79 Å². The van der Waals surface area contributed by atoms with Crippen LogP contribution in [-0.4, -0.2) is 48.8 Å². The van der Waals surface area contributed by atoms with Crippen LogP contribution in [0.25, 0.3) is 0 Å². The van der Waals surface area contributed by atoms with E-state index in [2.05, 4.69) is 13.0 Å². The number of amides is 1. The zero-order valence-corrected chi connectivity index (χ0v) is 11.0. The molecule has 1 saturated heterocycles. The van der Waals surface area contributed by atoms with E-state index in [0.29, 0.717) is 39.1 Å². The van der Waals surface area contributed by atoms with Gasteiger partial charge in [0.05, 0.1) is 12.7 Å². The van der Waals surface area contributed by atoms with Crippen LogP contribution in [0, 0.1) is 16.7 Å². The fraction of sp³-hybridized carbons (Fsp3) is 0.846. The van der Waals surface area contributed by atoms with Crippen molar-refractivity contribution in [2.24, 2.45) is 5.41 Å². The maximum Gasteiger partial charge on any atom is 0.243 e. The zero-order valence-electron chi connectivity index (χ0n) is 11.0. The second-order valence-electron chi connectivity index (χ2n) is 4.68. The Morgan fingerprint density at radius 3 is 2.61 bits per heavy atom. The van der Waals surface area contributed by atoms with Crippen molar-refractivity contribution >= 4 is 5.91 Å². The number of aliphatic hydroxyl groups excluding tert-OH is 1. The van der Waals surface area contributed by atoms with Crippen LogP contribution in [0.4, 0.5) is 0 Å². The molecule has 1 aliphatic rings. The third-order valence-corrected chi connectivity index (χ3v) is 3.41. The lowest BCUT2D eigenvalue weighted by atomic mass is 9.80. The molecule has 0 aromatic rings. The molecule has 0 aromatic carbocycles. The van der Waals surface area contributed by atoms with Crippen molar-refractivity contribution in [3.63, 3.8) is 0 Å². The molecular formula is C13H22N2O3. The first kappa shape index (κ1) is 14.9. The maximum absolute atomic E-state index is 12.5. The fourth-order valence-corrected chi connectivity index (χ4v) is 2.18. The van der Waals surface area contributed by atoms with Gasteiger partial charge in [0.1, 0.15) is 5.41 Å². The number of aliphatic hydroxyl groups is 1. The number of nitrogens with zero attached hydrogens (tertiary/aromatic N) is 2. The van der Waals surface area contributed by atoms with E-state index in [1.54, 1.807) is 4.90 Å². The molecule has 1 fully saturated rings. The molecule has 18 heavy (non-hydrogen) atoms. The number of hydrogen-bond donors (Lipinski definition) is 1. The molecule has 5 nitrogen and oxygen atoms in total. The van der Waals surface area contributed by atoms with E-state index in [-0.39, 0.29) is 12.5 Å². The van der Waals surface area contributed by atoms with Crippen molar-refractivity contribution in [1.82, 2.24) is 4.90 Å². The first-order valence-electron chi connectivity index (χ1n) is 6.59. The lowest BCUT2D eigenvalue weighted by molar-refractivity contribution is -0.144. The molecule has 0 saturated carbocycles. The van der Waals surface area contributed by atoms with Gasteiger partial charge in [-0.2, -0.15) is 5.26 Å². The van der Waals surface area contributed by atoms with E-state index in [4.69, 9.17) is 9.84 Å². The lowest BCUT2D eigenvalue weighted by Crippen LogP contribution is -2.47. The summed E-state index contributed by atoms with van der Waals surface area (Å²) in [7, 11) is 0. The van der Waals surface area contributed by atoms with E-state index < -0.39 is 5.41 Å². The molecule has 0 spiro atoms. The second kappa shape index (κ2) is 7.34. The third kappa shape index (κ3) is 3.44. The first-order valence-corrected chi connectivity index (χ1v) is 6.59. The van der Waals surface area contributed by atoms with E-state index in [1.165, 1.54) is 0 Å². The topological polar surface area (TPSA) is 73.6 Å². The first-order chi connectivity index (χ1) is 8.70. The minimum Gasteiger partial charge on any atom is -0.395 e. The number of nitriles is 1. The van der Waals surface area contributed by atoms with Gasteiger partial charge in [-0.05, 0) is 19.3 Å². The van der Waals surface area contributed by atoms with Gasteiger partial charge in [0.15, 0.2) is 0 Å². The summed E-state index contributed by atoms with van der Waals surface area (Å²) in [5.74, 6) is -0.143. The highest BCUT2D eigenvalue weighted by atomic mass is 16.5. The van der Waals surface area contributed by atoms with Gasteiger partial charge < -0.3 is 14.7 Å². The number of ether oxygens (including phenoxy) is 1. The highest BCUT2D eigenvalue weighted by Crippen LogP contribution is 2.32. The summed E-state index contributed by atoms with van der Waals surface area (Å²) in [5.41, 5.74) is -0.943. The van der Waals surface area contributed by atoms with Crippen LogP contribution in [0.1, 0.15) is 32.6 Å². The maximum atomic E-state index is 12.5. The summed E-state index contributed by atoms with van der Waals surface area (Å²) in [6, 6.07) is 2.18. The molecule has 5 heteroatoms. The number of carbonyl (C=O) groups excluding carboxylic acids is 1. The number of hydrogen-bond acceptors (Lipinski definition) is 4. The summed E-state index contributed by atoms with van der Waals surface area (Å²) in [6.45, 7) is 3.83. The molecule has 0 aromatic heterocycles. The van der Waals surface area contributed by atoms with Crippen LogP contribution in [0.15, 0.2) is 0 Å². The second-order valence-corrected chi connectivity index (χ2v) is 4.68. The van der Waals surface area contributed by atoms with Crippen LogP contribution < -0.4 is 0 Å². The van der Waals surface area contributed by atoms with Crippen molar-refractivity contribution in [3.8, 4) is 6.07 Å². The Morgan fingerprint density at radius 1 is 1.44 bits per heavy atom. The van der Waals surface area contributed by atoms with E-state index in [9.17, 15) is 10.1 Å². The highest BCUT2D eigenvalue weighted by Gasteiger charge is 2.42. The van der Waals surface area contributed by atoms with E-state index in [0.717, 1.165) is 12.8 Å². The largest absolute Gasteiger partial charge is 0.395 e. The summed E-state index contributed by atoms with van der Waals surface area (Å²) in [4.78, 5) is 14.1. The normalized spacial score (nSPS) is 18.1. The number of unbranched alkanes of at least 4 members (excludes halogenated alkanes) is 1. The Morgan fingerprint density at radius 2 is 2.11 bits per heavy atom. The van der Waals surface area contributed by atoms with E-state index in [1.807, 2.05) is 0 Å². The Bertz CT molecular complexity index is 306. The average molecular weight is 254 g/mol. The molecular weight excluding hydrogens is 232 g/mol. The van der Waals surface area contributed by atoms with Crippen molar-refractivity contribution < 1.29 is 14.6 Å². The molecule has 0 unspecified atom stereocenters. The third-order valence-electron chi connectivity index (χ3n) is 3.41. The van der Waals surface area contributed by atoms with Crippen LogP contribution in [-0.2, 0) is 9.53 Å². The smallest absolute Gasteiger partial charge is 0.243 e. The SMILES string of the molecule is CCCCN(CCO)C(=O)C1(C#N)CCOCC1. The number of carbonyl (C=O) groups is 1. The molecule has 0 aliphatic carbocycles. The van der Waals surface area contributed by atoms with Gasteiger partial charge >= 0.3 is 0 Å². The predicted molar refractivity (Wildman–Crippen MR) is 66.7 cm³/mol. The average Bonchev–Trinajstić information content (AvgIpc) is 2.43. The Balaban J connectivity index is 2.75. The summed E-state index contributed by atoms with van der Waals surface area (Å²) < 4.78 is 5.23. The van der Waals surface area contributed by atoms with Gasteiger partial charge in [-0.1, -0.05) is 13.3 Å². The van der Waals surface area contributed by atoms with Gasteiger partial charge in [-0.15, -0.1) is 0 Å². The highest BCUT2D eigenvalue weighted by molar-refractivity contribution is 5.85.